The molecule has 142 valence electrons. The summed E-state index contributed by atoms with van der Waals surface area (Å²) in [5.74, 6) is -0.831. The van der Waals surface area contributed by atoms with Crippen LogP contribution in [0, 0.1) is 0 Å². The van der Waals surface area contributed by atoms with E-state index in [4.69, 9.17) is 15.6 Å². The normalized spacial score (nSPS) is 20.4. The van der Waals surface area contributed by atoms with E-state index >= 15 is 0 Å². The molecular weight excluding hydrogens is 320 g/mol. The molecule has 0 radical (unpaired) electrons. The van der Waals surface area contributed by atoms with Crippen LogP contribution in [-0.4, -0.2) is 121 Å². The van der Waals surface area contributed by atoms with Gasteiger partial charge in [-0.2, -0.15) is 0 Å². The lowest BCUT2D eigenvalue weighted by Gasteiger charge is -2.30. The smallest absolute Gasteiger partial charge is 0.317 e. The van der Waals surface area contributed by atoms with Crippen LogP contribution in [0.15, 0.2) is 0 Å². The highest BCUT2D eigenvalue weighted by atomic mass is 17.1. The van der Waals surface area contributed by atoms with Crippen LogP contribution in [0.2, 0.25) is 0 Å². The van der Waals surface area contributed by atoms with E-state index in [9.17, 15) is 4.79 Å². The second kappa shape index (κ2) is 13.4. The van der Waals surface area contributed by atoms with Crippen molar-refractivity contribution in [3.63, 3.8) is 0 Å². The van der Waals surface area contributed by atoms with Gasteiger partial charge in [-0.15, -0.1) is 0 Å². The average molecular weight is 350 g/mol. The molecule has 0 spiro atoms. The van der Waals surface area contributed by atoms with Crippen LogP contribution in [0.3, 0.4) is 0 Å². The number of aliphatic carboxylic acids is 1. The van der Waals surface area contributed by atoms with Gasteiger partial charge in [0, 0.05) is 65.4 Å². The first kappa shape index (κ1) is 21.2. The molecule has 4 N–H and O–H groups in total. The summed E-state index contributed by atoms with van der Waals surface area (Å²) >= 11 is 0. The largest absolute Gasteiger partial charge is 0.480 e. The minimum atomic E-state index is -0.831. The van der Waals surface area contributed by atoms with Gasteiger partial charge in [-0.25, -0.2) is 9.78 Å². The third-order valence-electron chi connectivity index (χ3n) is 4.03. The second-order valence-corrected chi connectivity index (χ2v) is 5.77. The van der Waals surface area contributed by atoms with Gasteiger partial charge in [-0.1, -0.05) is 0 Å². The monoisotopic (exact) mass is 350 g/mol. The molecular formula is C14H30N4O6. The van der Waals surface area contributed by atoms with Crippen molar-refractivity contribution in [1.82, 2.24) is 20.0 Å². The van der Waals surface area contributed by atoms with E-state index in [2.05, 4.69) is 24.9 Å². The molecule has 0 bridgehead atoms. The Morgan fingerprint density at radius 2 is 1.29 bits per heavy atom. The molecule has 0 amide bonds. The van der Waals surface area contributed by atoms with Crippen LogP contribution >= 0.6 is 0 Å². The molecule has 1 aliphatic heterocycles. The summed E-state index contributed by atoms with van der Waals surface area (Å²) < 4.78 is 0. The lowest BCUT2D eigenvalue weighted by Crippen LogP contribution is -2.46. The van der Waals surface area contributed by atoms with Gasteiger partial charge in [0.05, 0.1) is 19.8 Å². The van der Waals surface area contributed by atoms with Gasteiger partial charge in [-0.3, -0.25) is 30.0 Å². The highest BCUT2D eigenvalue weighted by Crippen LogP contribution is 1.97. The zero-order valence-corrected chi connectivity index (χ0v) is 14.1. The van der Waals surface area contributed by atoms with Crippen LogP contribution in [0.1, 0.15) is 0 Å². The van der Waals surface area contributed by atoms with Crippen molar-refractivity contribution in [3.05, 3.63) is 0 Å². The van der Waals surface area contributed by atoms with Crippen molar-refractivity contribution in [3.8, 4) is 0 Å². The molecule has 24 heavy (non-hydrogen) atoms. The standard InChI is InChI=1S/C14H30N4O6/c19-14(20)13-18-4-2-15-1-3-16(9-11-23-21)5-6-17(7-8-18)10-12-24-22/h15,21-22H,1-13H2,(H,19,20). The van der Waals surface area contributed by atoms with Crippen molar-refractivity contribution < 1.29 is 30.2 Å². The average Bonchev–Trinajstić information content (AvgIpc) is 2.55. The fraction of sp³-hybridized carbons (Fsp3) is 0.929. The molecule has 1 fully saturated rings. The number of carboxylic acids is 1. The first-order chi connectivity index (χ1) is 11.7. The maximum Gasteiger partial charge on any atom is 0.317 e. The third-order valence-corrected chi connectivity index (χ3v) is 4.03. The van der Waals surface area contributed by atoms with Gasteiger partial charge in [0.15, 0.2) is 0 Å². The van der Waals surface area contributed by atoms with E-state index in [1.807, 2.05) is 4.90 Å². The number of rotatable bonds is 8. The van der Waals surface area contributed by atoms with Crippen molar-refractivity contribution in [2.45, 2.75) is 0 Å². The Balaban J connectivity index is 2.58. The van der Waals surface area contributed by atoms with Crippen LogP contribution in [-0.2, 0) is 14.6 Å². The van der Waals surface area contributed by atoms with Crippen LogP contribution in [0.25, 0.3) is 0 Å². The molecule has 1 heterocycles. The molecule has 1 saturated heterocycles. The van der Waals surface area contributed by atoms with Gasteiger partial charge in [0.2, 0.25) is 0 Å². The Kier molecular flexibility index (Phi) is 11.9. The molecule has 1 aliphatic rings. The number of hydrogen-bond acceptors (Lipinski definition) is 9. The lowest BCUT2D eigenvalue weighted by atomic mass is 10.3. The van der Waals surface area contributed by atoms with Crippen molar-refractivity contribution in [1.29, 1.82) is 0 Å². The quantitative estimate of drug-likeness (QED) is 0.306. The molecule has 0 aromatic heterocycles. The Morgan fingerprint density at radius 1 is 0.833 bits per heavy atom. The highest BCUT2D eigenvalue weighted by molar-refractivity contribution is 5.69. The van der Waals surface area contributed by atoms with Gasteiger partial charge in [-0.05, 0) is 0 Å². The van der Waals surface area contributed by atoms with E-state index < -0.39 is 5.97 Å². The Hall–Kier alpha value is -0.850. The van der Waals surface area contributed by atoms with Crippen molar-refractivity contribution in [2.24, 2.45) is 0 Å². The summed E-state index contributed by atoms with van der Waals surface area (Å²) in [6.45, 7) is 7.55. The van der Waals surface area contributed by atoms with E-state index in [-0.39, 0.29) is 19.8 Å². The molecule has 0 unspecified atom stereocenters. The fourth-order valence-corrected chi connectivity index (χ4v) is 2.64. The maximum absolute atomic E-state index is 11.0. The summed E-state index contributed by atoms with van der Waals surface area (Å²) in [6, 6.07) is 0. The van der Waals surface area contributed by atoms with E-state index in [0.717, 1.165) is 32.7 Å². The minimum absolute atomic E-state index is 0.0198. The molecule has 0 aliphatic carbocycles. The van der Waals surface area contributed by atoms with Crippen LogP contribution in [0.5, 0.6) is 0 Å². The summed E-state index contributed by atoms with van der Waals surface area (Å²) in [7, 11) is 0. The molecule has 10 nitrogen and oxygen atoms in total. The number of carboxylic acid groups (broad SMARTS) is 1. The molecule has 0 aromatic rings. The Morgan fingerprint density at radius 3 is 1.79 bits per heavy atom. The predicted octanol–water partition coefficient (Wildman–Crippen LogP) is -1.44. The maximum atomic E-state index is 11.0. The summed E-state index contributed by atoms with van der Waals surface area (Å²) in [5.41, 5.74) is 0. The lowest BCUT2D eigenvalue weighted by molar-refractivity contribution is -0.245. The number of nitrogens with zero attached hydrogens (tertiary/aromatic N) is 3. The third kappa shape index (κ3) is 10.1. The zero-order chi connectivity index (χ0) is 17.6. The first-order valence-corrected chi connectivity index (χ1v) is 8.28. The highest BCUT2D eigenvalue weighted by Gasteiger charge is 2.15. The van der Waals surface area contributed by atoms with Gasteiger partial charge < -0.3 is 10.4 Å². The van der Waals surface area contributed by atoms with Crippen molar-refractivity contribution >= 4 is 5.97 Å². The fourth-order valence-electron chi connectivity index (χ4n) is 2.64. The number of hydrogen-bond donors (Lipinski definition) is 4. The Labute approximate surface area is 142 Å². The zero-order valence-electron chi connectivity index (χ0n) is 14.1. The van der Waals surface area contributed by atoms with Gasteiger partial charge in [0.25, 0.3) is 0 Å². The predicted molar refractivity (Wildman–Crippen MR) is 87.0 cm³/mol. The summed E-state index contributed by atoms with van der Waals surface area (Å²) in [5, 5.41) is 29.4. The summed E-state index contributed by atoms with van der Waals surface area (Å²) in [4.78, 5) is 25.5. The van der Waals surface area contributed by atoms with E-state index in [0.29, 0.717) is 32.7 Å². The van der Waals surface area contributed by atoms with Crippen LogP contribution in [0.4, 0.5) is 0 Å². The molecule has 0 aromatic carbocycles. The first-order valence-electron chi connectivity index (χ1n) is 8.28. The van der Waals surface area contributed by atoms with Crippen LogP contribution < -0.4 is 5.32 Å². The van der Waals surface area contributed by atoms with E-state index in [1.54, 1.807) is 0 Å². The van der Waals surface area contributed by atoms with E-state index in [1.165, 1.54) is 0 Å². The molecule has 0 saturated carbocycles. The topological polar surface area (TPSA) is 118 Å². The van der Waals surface area contributed by atoms with Gasteiger partial charge >= 0.3 is 5.97 Å². The van der Waals surface area contributed by atoms with Crippen molar-refractivity contribution in [2.75, 3.05) is 85.2 Å². The SMILES string of the molecule is O=C(O)CN1CCNCCN(CCOO)CCN(CCOO)CC1. The Bertz CT molecular complexity index is 336. The second-order valence-electron chi connectivity index (χ2n) is 5.77. The van der Waals surface area contributed by atoms with Gasteiger partial charge in [0.1, 0.15) is 0 Å². The molecule has 1 rings (SSSR count). The minimum Gasteiger partial charge on any atom is -0.480 e. The molecule has 0 atom stereocenters. The number of nitrogens with one attached hydrogen (secondary N) is 1. The summed E-state index contributed by atoms with van der Waals surface area (Å²) in [6.07, 6.45) is 0. The number of carbonyl (C=O) groups is 1. The molecule has 10 heteroatoms.